The summed E-state index contributed by atoms with van der Waals surface area (Å²) in [6, 6.07) is 15.2. The van der Waals surface area contributed by atoms with Crippen molar-refractivity contribution < 1.29 is 18.3 Å². The van der Waals surface area contributed by atoms with Crippen molar-refractivity contribution in [3.8, 4) is 5.75 Å². The van der Waals surface area contributed by atoms with Crippen molar-refractivity contribution in [3.05, 3.63) is 87.9 Å². The van der Waals surface area contributed by atoms with Crippen LogP contribution < -0.4 is 10.5 Å². The molecule has 0 fully saturated rings. The molecule has 2 heterocycles. The molecule has 0 aliphatic heterocycles. The van der Waals surface area contributed by atoms with Gasteiger partial charge in [-0.15, -0.1) is 11.3 Å². The molecule has 1 atom stereocenters. The van der Waals surface area contributed by atoms with E-state index >= 15 is 0 Å². The largest absolute Gasteiger partial charge is 0.419 e. The zero-order chi connectivity index (χ0) is 21.5. The number of carbonyl (C=O) groups excluding carboxylic acids is 1. The Morgan fingerprint density at radius 3 is 2.71 bits per heavy atom. The second-order valence-corrected chi connectivity index (χ2v) is 8.61. The molecule has 2 N–H and O–H groups in total. The van der Waals surface area contributed by atoms with E-state index in [2.05, 4.69) is 12.1 Å². The molecular weight excluding hydrogens is 418 g/mol. The Labute approximate surface area is 181 Å². The van der Waals surface area contributed by atoms with Crippen molar-refractivity contribution in [2.24, 2.45) is 0 Å². The van der Waals surface area contributed by atoms with Crippen molar-refractivity contribution in [1.29, 1.82) is 0 Å². The number of pyridine rings is 1. The van der Waals surface area contributed by atoms with Gasteiger partial charge in [-0.2, -0.15) is 0 Å². The quantitative estimate of drug-likeness (QED) is 0.333. The highest BCUT2D eigenvalue weighted by molar-refractivity contribution is 7.21. The van der Waals surface area contributed by atoms with Crippen molar-refractivity contribution in [2.75, 3.05) is 5.73 Å². The van der Waals surface area contributed by atoms with Crippen LogP contribution in [-0.2, 0) is 12.8 Å². The van der Waals surface area contributed by atoms with Crippen LogP contribution in [0.25, 0.3) is 10.2 Å². The van der Waals surface area contributed by atoms with Gasteiger partial charge in [0.05, 0.1) is 5.69 Å². The maximum atomic E-state index is 13.9. The number of aryl methyl sites for hydroxylation is 1. The lowest BCUT2D eigenvalue weighted by Gasteiger charge is -2.24. The van der Waals surface area contributed by atoms with E-state index in [1.807, 2.05) is 24.3 Å². The van der Waals surface area contributed by atoms with Gasteiger partial charge in [-0.25, -0.2) is 18.6 Å². The highest BCUT2D eigenvalue weighted by atomic mass is 32.1. The predicted molar refractivity (Wildman–Crippen MR) is 117 cm³/mol. The third-order valence-corrected chi connectivity index (χ3v) is 6.73. The Morgan fingerprint density at radius 2 is 1.94 bits per heavy atom. The number of fused-ring (bicyclic) bond motifs is 2. The van der Waals surface area contributed by atoms with Gasteiger partial charge in [-0.1, -0.05) is 30.3 Å². The highest BCUT2D eigenvalue weighted by Gasteiger charge is 2.25. The van der Waals surface area contributed by atoms with Gasteiger partial charge in [0.2, 0.25) is 0 Å². The Kier molecular flexibility index (Phi) is 4.90. The fourth-order valence-corrected chi connectivity index (χ4v) is 5.03. The lowest BCUT2D eigenvalue weighted by Crippen LogP contribution is -2.14. The first-order valence-corrected chi connectivity index (χ1v) is 10.7. The summed E-state index contributed by atoms with van der Waals surface area (Å²) in [5.74, 6) is -2.41. The smallest absolute Gasteiger partial charge is 0.356 e. The molecule has 4 nitrogen and oxygen atoms in total. The van der Waals surface area contributed by atoms with Crippen LogP contribution in [0.4, 0.5) is 14.5 Å². The minimum absolute atomic E-state index is 0.160. The number of hydrogen-bond acceptors (Lipinski definition) is 5. The molecule has 0 radical (unpaired) electrons. The van der Waals surface area contributed by atoms with Crippen LogP contribution in [-0.4, -0.2) is 11.0 Å². The Morgan fingerprint density at radius 1 is 1.13 bits per heavy atom. The molecule has 1 aliphatic rings. The molecule has 1 aliphatic carbocycles. The highest BCUT2D eigenvalue weighted by Crippen LogP contribution is 2.38. The SMILES string of the molecule is Nc1c(C(=O)Oc2ccc(F)cc2F)sc2nc3c(cc12)C[C@H](c1ccccc1)CC3. The lowest BCUT2D eigenvalue weighted by atomic mass is 9.82. The van der Waals surface area contributed by atoms with Gasteiger partial charge in [-0.05, 0) is 54.5 Å². The van der Waals surface area contributed by atoms with Crippen molar-refractivity contribution >= 4 is 33.2 Å². The van der Waals surface area contributed by atoms with Gasteiger partial charge in [0.15, 0.2) is 11.6 Å². The van der Waals surface area contributed by atoms with Crippen LogP contribution in [0.15, 0.2) is 54.6 Å². The molecule has 31 heavy (non-hydrogen) atoms. The molecule has 0 saturated carbocycles. The number of thiophene rings is 1. The first-order chi connectivity index (χ1) is 15.0. The number of esters is 1. The van der Waals surface area contributed by atoms with Crippen molar-refractivity contribution in [3.63, 3.8) is 0 Å². The molecule has 0 unspecified atom stereocenters. The monoisotopic (exact) mass is 436 g/mol. The van der Waals surface area contributed by atoms with Gasteiger partial charge < -0.3 is 10.5 Å². The van der Waals surface area contributed by atoms with Gasteiger partial charge in [0.25, 0.3) is 0 Å². The molecule has 0 spiro atoms. The molecule has 4 aromatic rings. The van der Waals surface area contributed by atoms with E-state index < -0.39 is 17.6 Å². The summed E-state index contributed by atoms with van der Waals surface area (Å²) in [6.07, 6.45) is 2.72. The van der Waals surface area contributed by atoms with E-state index in [4.69, 9.17) is 15.5 Å². The van der Waals surface area contributed by atoms with Gasteiger partial charge in [0, 0.05) is 17.1 Å². The maximum Gasteiger partial charge on any atom is 0.356 e. The van der Waals surface area contributed by atoms with Gasteiger partial charge in [-0.3, -0.25) is 0 Å². The summed E-state index contributed by atoms with van der Waals surface area (Å²) in [7, 11) is 0. The number of aromatic nitrogens is 1. The lowest BCUT2D eigenvalue weighted by molar-refractivity contribution is 0.0733. The van der Waals surface area contributed by atoms with Crippen LogP contribution in [0.2, 0.25) is 0 Å². The predicted octanol–water partition coefficient (Wildman–Crippen LogP) is 5.65. The molecule has 7 heteroatoms. The van der Waals surface area contributed by atoms with E-state index in [0.29, 0.717) is 22.2 Å². The second-order valence-electron chi connectivity index (χ2n) is 7.61. The fourth-order valence-electron chi connectivity index (χ4n) is 4.06. The number of nitrogens with two attached hydrogens (primary N) is 1. The number of halogens is 2. The standard InChI is InChI=1S/C24H18F2N2O2S/c25-16-7-9-20(18(26)12-16)30-24(29)22-21(27)17-11-15-10-14(13-4-2-1-3-5-13)6-8-19(15)28-23(17)31-22/h1-5,7,9,11-12,14H,6,8,10,27H2/t14-/m1/s1. The molecule has 0 amide bonds. The molecule has 0 bridgehead atoms. The topological polar surface area (TPSA) is 65.2 Å². The number of rotatable bonds is 3. The van der Waals surface area contributed by atoms with Crippen LogP contribution in [0.5, 0.6) is 5.75 Å². The first-order valence-electron chi connectivity index (χ1n) is 9.92. The molecule has 2 aromatic carbocycles. The minimum atomic E-state index is -0.950. The molecule has 2 aromatic heterocycles. The zero-order valence-electron chi connectivity index (χ0n) is 16.4. The molecule has 5 rings (SSSR count). The van der Waals surface area contributed by atoms with Gasteiger partial charge in [0.1, 0.15) is 15.5 Å². The maximum absolute atomic E-state index is 13.9. The summed E-state index contributed by atoms with van der Waals surface area (Å²) in [5.41, 5.74) is 9.97. The van der Waals surface area contributed by atoms with Crippen LogP contribution in [0.1, 0.15) is 38.8 Å². The average molecular weight is 436 g/mol. The first kappa shape index (κ1) is 19.6. The van der Waals surface area contributed by atoms with E-state index in [9.17, 15) is 13.6 Å². The van der Waals surface area contributed by atoms with Crippen LogP contribution in [0, 0.1) is 11.6 Å². The third-order valence-electron chi connectivity index (χ3n) is 5.64. The molecule has 0 saturated heterocycles. The molecule has 156 valence electrons. The normalized spacial score (nSPS) is 15.6. The summed E-state index contributed by atoms with van der Waals surface area (Å²) in [4.78, 5) is 18.2. The Bertz CT molecular complexity index is 1300. The van der Waals surface area contributed by atoms with Crippen molar-refractivity contribution in [2.45, 2.75) is 25.2 Å². The molecular formula is C24H18F2N2O2S. The number of carbonyl (C=O) groups is 1. The third kappa shape index (κ3) is 3.65. The van der Waals surface area contributed by atoms with E-state index in [1.54, 1.807) is 0 Å². The van der Waals surface area contributed by atoms with E-state index in [-0.39, 0.29) is 16.3 Å². The number of nitrogens with zero attached hydrogens (tertiary/aromatic N) is 1. The number of benzene rings is 2. The summed E-state index contributed by atoms with van der Waals surface area (Å²) >= 11 is 1.12. The fraction of sp³-hybridized carbons (Fsp3) is 0.167. The second kappa shape index (κ2) is 7.74. The number of hydrogen-bond donors (Lipinski definition) is 1. The number of nitrogen functional groups attached to an aromatic ring is 1. The van der Waals surface area contributed by atoms with Crippen LogP contribution in [0.3, 0.4) is 0 Å². The van der Waals surface area contributed by atoms with E-state index in [1.165, 1.54) is 5.56 Å². The minimum Gasteiger partial charge on any atom is -0.419 e. The number of anilines is 1. The Balaban J connectivity index is 1.46. The Hall–Kier alpha value is -3.32. The zero-order valence-corrected chi connectivity index (χ0v) is 17.2. The average Bonchev–Trinajstić information content (AvgIpc) is 3.10. The van der Waals surface area contributed by atoms with Crippen LogP contribution >= 0.6 is 11.3 Å². The number of ether oxygens (including phenoxy) is 1. The summed E-state index contributed by atoms with van der Waals surface area (Å²) < 4.78 is 32.1. The van der Waals surface area contributed by atoms with Crippen molar-refractivity contribution in [1.82, 2.24) is 4.98 Å². The van der Waals surface area contributed by atoms with E-state index in [0.717, 1.165) is 54.0 Å². The van der Waals surface area contributed by atoms with Gasteiger partial charge >= 0.3 is 5.97 Å². The summed E-state index contributed by atoms with van der Waals surface area (Å²) in [5, 5.41) is 0.698. The summed E-state index contributed by atoms with van der Waals surface area (Å²) in [6.45, 7) is 0.